The van der Waals surface area contributed by atoms with Gasteiger partial charge in [0.1, 0.15) is 22.4 Å². The molecule has 134 valence electrons. The van der Waals surface area contributed by atoms with E-state index in [1.54, 1.807) is 30.7 Å². The maximum absolute atomic E-state index is 12.7. The first-order chi connectivity index (χ1) is 13.0. The summed E-state index contributed by atoms with van der Waals surface area (Å²) in [6.07, 6.45) is 1.43. The van der Waals surface area contributed by atoms with E-state index in [2.05, 4.69) is 4.98 Å². The summed E-state index contributed by atoms with van der Waals surface area (Å²) in [5.41, 5.74) is 1.41. The van der Waals surface area contributed by atoms with E-state index in [4.69, 9.17) is 27.9 Å². The van der Waals surface area contributed by atoms with Crippen LogP contribution in [0.25, 0.3) is 16.6 Å². The first-order valence-corrected chi connectivity index (χ1v) is 9.37. The summed E-state index contributed by atoms with van der Waals surface area (Å²) in [4.78, 5) is 17.2. The van der Waals surface area contributed by atoms with Gasteiger partial charge >= 0.3 is 0 Å². The molecule has 3 aromatic rings. The van der Waals surface area contributed by atoms with Crippen molar-refractivity contribution in [2.45, 2.75) is 0 Å². The van der Waals surface area contributed by atoms with Gasteiger partial charge in [-0.05, 0) is 30.3 Å². The molecule has 0 bridgehead atoms. The minimum Gasteiger partial charge on any atom is -0.497 e. The molecule has 0 N–H and O–H groups in total. The molecule has 0 saturated heterocycles. The van der Waals surface area contributed by atoms with Crippen molar-refractivity contribution in [3.05, 3.63) is 74.7 Å². The molecule has 3 rings (SSSR count). The summed E-state index contributed by atoms with van der Waals surface area (Å²) in [5.74, 6) is 0.185. The van der Waals surface area contributed by atoms with Crippen molar-refractivity contribution in [1.29, 1.82) is 5.26 Å². The standard InChI is InChI=1S/C20H12Cl2N2O2S/c1-26-15-5-2-4-12(9-15)20-24-14(11-27-20)8-13(10-23)19(25)18-16(21)6-3-7-17(18)22/h2-9,11H,1H3. The average Bonchev–Trinajstić information content (AvgIpc) is 3.14. The lowest BCUT2D eigenvalue weighted by molar-refractivity contribution is 0.104. The summed E-state index contributed by atoms with van der Waals surface area (Å²) in [6, 6.07) is 14.1. The van der Waals surface area contributed by atoms with E-state index in [9.17, 15) is 10.1 Å². The lowest BCUT2D eigenvalue weighted by Crippen LogP contribution is -2.04. The second kappa shape index (κ2) is 8.36. The number of nitriles is 1. The number of Topliss-reactive ketones (excluding diaryl/α,β-unsaturated/α-hetero) is 1. The van der Waals surface area contributed by atoms with Crippen LogP contribution in [0.15, 0.2) is 53.4 Å². The van der Waals surface area contributed by atoms with Gasteiger partial charge in [-0.3, -0.25) is 4.79 Å². The monoisotopic (exact) mass is 414 g/mol. The summed E-state index contributed by atoms with van der Waals surface area (Å²) in [5, 5.41) is 12.3. The molecule has 0 spiro atoms. The molecule has 0 amide bonds. The van der Waals surface area contributed by atoms with Crippen LogP contribution < -0.4 is 4.74 Å². The Bertz CT molecular complexity index is 1060. The molecule has 0 aliphatic heterocycles. The lowest BCUT2D eigenvalue weighted by Gasteiger charge is -2.04. The van der Waals surface area contributed by atoms with E-state index in [1.807, 2.05) is 30.3 Å². The van der Waals surface area contributed by atoms with Gasteiger partial charge in [0.2, 0.25) is 5.78 Å². The van der Waals surface area contributed by atoms with Crippen molar-refractivity contribution in [2.24, 2.45) is 0 Å². The number of ether oxygens (including phenoxy) is 1. The number of nitrogens with zero attached hydrogens (tertiary/aromatic N) is 2. The topological polar surface area (TPSA) is 63.0 Å². The number of ketones is 1. The highest BCUT2D eigenvalue weighted by Crippen LogP contribution is 2.29. The summed E-state index contributed by atoms with van der Waals surface area (Å²) >= 11 is 13.6. The van der Waals surface area contributed by atoms with E-state index in [0.29, 0.717) is 5.69 Å². The molecule has 0 fully saturated rings. The summed E-state index contributed by atoms with van der Waals surface area (Å²) in [6.45, 7) is 0. The number of hydrogen-bond acceptors (Lipinski definition) is 5. The molecule has 2 aromatic carbocycles. The minimum absolute atomic E-state index is 0.0903. The Labute approximate surface area is 170 Å². The van der Waals surface area contributed by atoms with Crippen LogP contribution in [0, 0.1) is 11.3 Å². The number of carbonyl (C=O) groups excluding carboxylic acids is 1. The number of rotatable bonds is 5. The van der Waals surface area contributed by atoms with Crippen LogP contribution in [-0.2, 0) is 0 Å². The molecule has 0 unspecified atom stereocenters. The summed E-state index contributed by atoms with van der Waals surface area (Å²) < 4.78 is 5.22. The highest BCUT2D eigenvalue weighted by molar-refractivity contribution is 7.13. The normalized spacial score (nSPS) is 11.1. The van der Waals surface area contributed by atoms with E-state index >= 15 is 0 Å². The fourth-order valence-electron chi connectivity index (χ4n) is 2.39. The maximum atomic E-state index is 12.7. The van der Waals surface area contributed by atoms with E-state index in [1.165, 1.54) is 17.4 Å². The molecule has 0 radical (unpaired) electrons. The average molecular weight is 415 g/mol. The second-order valence-electron chi connectivity index (χ2n) is 5.41. The van der Waals surface area contributed by atoms with Crippen molar-refractivity contribution < 1.29 is 9.53 Å². The fourth-order valence-corrected chi connectivity index (χ4v) is 3.73. The Morgan fingerprint density at radius 1 is 1.22 bits per heavy atom. The van der Waals surface area contributed by atoms with Gasteiger partial charge in [-0.2, -0.15) is 5.26 Å². The van der Waals surface area contributed by atoms with Gasteiger partial charge in [-0.15, -0.1) is 11.3 Å². The number of allylic oxidation sites excluding steroid dienone is 1. The number of halogens is 2. The van der Waals surface area contributed by atoms with Crippen molar-refractivity contribution >= 4 is 46.4 Å². The molecule has 1 aromatic heterocycles. The van der Waals surface area contributed by atoms with Crippen LogP contribution in [-0.4, -0.2) is 17.9 Å². The second-order valence-corrected chi connectivity index (χ2v) is 7.08. The molecule has 4 nitrogen and oxygen atoms in total. The van der Waals surface area contributed by atoms with Crippen LogP contribution in [0.2, 0.25) is 10.0 Å². The number of benzene rings is 2. The largest absolute Gasteiger partial charge is 0.497 e. The van der Waals surface area contributed by atoms with Gasteiger partial charge in [-0.25, -0.2) is 4.98 Å². The lowest BCUT2D eigenvalue weighted by atomic mass is 10.0. The third kappa shape index (κ3) is 4.20. The van der Waals surface area contributed by atoms with Crippen molar-refractivity contribution in [3.63, 3.8) is 0 Å². The van der Waals surface area contributed by atoms with Gasteiger partial charge in [0.25, 0.3) is 0 Å². The molecule has 0 saturated carbocycles. The fraction of sp³-hybridized carbons (Fsp3) is 0.0500. The molecule has 27 heavy (non-hydrogen) atoms. The molecular formula is C20H12Cl2N2O2S. The molecule has 0 aliphatic carbocycles. The number of thiazole rings is 1. The smallest absolute Gasteiger partial charge is 0.206 e. The quantitative estimate of drug-likeness (QED) is 0.295. The minimum atomic E-state index is -0.538. The van der Waals surface area contributed by atoms with Crippen LogP contribution >= 0.6 is 34.5 Å². The Kier molecular flexibility index (Phi) is 5.92. The van der Waals surface area contributed by atoms with Crippen LogP contribution in [0.5, 0.6) is 5.75 Å². The van der Waals surface area contributed by atoms with Crippen molar-refractivity contribution in [3.8, 4) is 22.4 Å². The van der Waals surface area contributed by atoms with Crippen LogP contribution in [0.3, 0.4) is 0 Å². The van der Waals surface area contributed by atoms with Crippen molar-refractivity contribution in [1.82, 2.24) is 4.98 Å². The first kappa shape index (κ1) is 19.1. The van der Waals surface area contributed by atoms with E-state index < -0.39 is 5.78 Å². The molecule has 7 heteroatoms. The number of carbonyl (C=O) groups is 1. The maximum Gasteiger partial charge on any atom is 0.206 e. The number of aromatic nitrogens is 1. The Balaban J connectivity index is 1.94. The zero-order valence-corrected chi connectivity index (χ0v) is 16.4. The predicted octanol–water partition coefficient (Wildman–Crippen LogP) is 5.92. The Hall–Kier alpha value is -2.65. The third-order valence-corrected chi connectivity index (χ3v) is 5.23. The molecule has 0 aliphatic rings. The summed E-state index contributed by atoms with van der Waals surface area (Å²) in [7, 11) is 1.60. The molecule has 0 atom stereocenters. The number of methoxy groups -OCH3 is 1. The Morgan fingerprint density at radius 3 is 2.59 bits per heavy atom. The number of hydrogen-bond donors (Lipinski definition) is 0. The van der Waals surface area contributed by atoms with Crippen LogP contribution in [0.4, 0.5) is 0 Å². The van der Waals surface area contributed by atoms with Gasteiger partial charge in [0, 0.05) is 10.9 Å². The van der Waals surface area contributed by atoms with E-state index in [0.717, 1.165) is 16.3 Å². The molecule has 1 heterocycles. The van der Waals surface area contributed by atoms with E-state index in [-0.39, 0.29) is 21.2 Å². The SMILES string of the molecule is COc1cccc(-c2nc(C=C(C#N)C(=O)c3c(Cl)cccc3Cl)cs2)c1. The zero-order valence-electron chi connectivity index (χ0n) is 14.1. The van der Waals surface area contributed by atoms with Crippen LogP contribution in [0.1, 0.15) is 16.1 Å². The molecular weight excluding hydrogens is 403 g/mol. The third-order valence-electron chi connectivity index (χ3n) is 3.69. The predicted molar refractivity (Wildman–Crippen MR) is 108 cm³/mol. The first-order valence-electron chi connectivity index (χ1n) is 7.74. The van der Waals surface area contributed by atoms with Gasteiger partial charge in [0.15, 0.2) is 0 Å². The highest BCUT2D eigenvalue weighted by Gasteiger charge is 2.19. The van der Waals surface area contributed by atoms with Gasteiger partial charge in [-0.1, -0.05) is 41.4 Å². The Morgan fingerprint density at radius 2 is 1.93 bits per heavy atom. The highest BCUT2D eigenvalue weighted by atomic mass is 35.5. The zero-order chi connectivity index (χ0) is 19.4. The van der Waals surface area contributed by atoms with Gasteiger partial charge < -0.3 is 4.74 Å². The van der Waals surface area contributed by atoms with Crippen molar-refractivity contribution in [2.75, 3.05) is 7.11 Å². The van der Waals surface area contributed by atoms with Gasteiger partial charge in [0.05, 0.1) is 28.4 Å².